The standard InChI is InChI=1S/C26H22ClN3O4S/c1-2-3-14-34-18-11-8-16(9-12-18)23(31)29-26(35)28-22-13-10-17(15-21(22)27)30-24(32)19-6-4-5-7-20(19)25(30)33/h4-13,15H,2-3,14H2,1H3,(H2,28,29,31,35). The van der Waals surface area contributed by atoms with E-state index in [0.717, 1.165) is 17.7 Å². The number of rotatable bonds is 7. The fourth-order valence-electron chi connectivity index (χ4n) is 3.53. The molecule has 0 spiro atoms. The minimum absolute atomic E-state index is 0.0497. The van der Waals surface area contributed by atoms with Crippen LogP contribution in [0.2, 0.25) is 5.02 Å². The highest BCUT2D eigenvalue weighted by atomic mass is 35.5. The van der Waals surface area contributed by atoms with Gasteiger partial charge in [-0.1, -0.05) is 37.1 Å². The number of nitrogens with zero attached hydrogens (tertiary/aromatic N) is 1. The summed E-state index contributed by atoms with van der Waals surface area (Å²) in [7, 11) is 0. The number of hydrogen-bond acceptors (Lipinski definition) is 5. The number of amides is 3. The van der Waals surface area contributed by atoms with Gasteiger partial charge in [0.1, 0.15) is 5.75 Å². The average molecular weight is 508 g/mol. The largest absolute Gasteiger partial charge is 0.494 e. The van der Waals surface area contributed by atoms with E-state index in [0.29, 0.717) is 40.4 Å². The molecule has 0 saturated carbocycles. The van der Waals surface area contributed by atoms with Crippen molar-refractivity contribution < 1.29 is 19.1 Å². The van der Waals surface area contributed by atoms with Crippen LogP contribution >= 0.6 is 23.8 Å². The van der Waals surface area contributed by atoms with Crippen LogP contribution in [0.3, 0.4) is 0 Å². The summed E-state index contributed by atoms with van der Waals surface area (Å²) < 4.78 is 5.60. The summed E-state index contributed by atoms with van der Waals surface area (Å²) in [4.78, 5) is 39.0. The molecule has 3 amide bonds. The number of unbranched alkanes of at least 4 members (excludes halogenated alkanes) is 1. The van der Waals surface area contributed by atoms with Crippen molar-refractivity contribution >= 4 is 58.0 Å². The number of imide groups is 1. The number of halogens is 1. The van der Waals surface area contributed by atoms with Crippen molar-refractivity contribution in [1.82, 2.24) is 5.32 Å². The highest BCUT2D eigenvalue weighted by Gasteiger charge is 2.36. The Morgan fingerprint density at radius 2 is 1.66 bits per heavy atom. The molecule has 0 aromatic heterocycles. The number of fused-ring (bicyclic) bond motifs is 1. The maximum Gasteiger partial charge on any atom is 0.266 e. The number of hydrogen-bond donors (Lipinski definition) is 2. The first-order valence-corrected chi connectivity index (χ1v) is 11.8. The smallest absolute Gasteiger partial charge is 0.266 e. The molecule has 0 aliphatic carbocycles. The third-order valence-corrected chi connectivity index (χ3v) is 5.88. The molecule has 0 bridgehead atoms. The monoisotopic (exact) mass is 507 g/mol. The lowest BCUT2D eigenvalue weighted by atomic mass is 10.1. The summed E-state index contributed by atoms with van der Waals surface area (Å²) in [5, 5.41) is 5.75. The van der Waals surface area contributed by atoms with E-state index in [1.165, 1.54) is 6.07 Å². The third kappa shape index (κ3) is 5.34. The highest BCUT2D eigenvalue weighted by molar-refractivity contribution is 7.80. The Bertz CT molecular complexity index is 1280. The number of carbonyl (C=O) groups excluding carboxylic acids is 3. The van der Waals surface area contributed by atoms with E-state index in [9.17, 15) is 14.4 Å². The van der Waals surface area contributed by atoms with E-state index < -0.39 is 11.8 Å². The SMILES string of the molecule is CCCCOc1ccc(C(=O)NC(=S)Nc2ccc(N3C(=O)c4ccccc4C3=O)cc2Cl)cc1. The fraction of sp³-hybridized carbons (Fsp3) is 0.154. The van der Waals surface area contributed by atoms with Gasteiger partial charge in [0, 0.05) is 5.56 Å². The van der Waals surface area contributed by atoms with Gasteiger partial charge in [-0.3, -0.25) is 19.7 Å². The molecule has 7 nitrogen and oxygen atoms in total. The zero-order valence-electron chi connectivity index (χ0n) is 18.8. The molecule has 2 N–H and O–H groups in total. The molecule has 3 aromatic rings. The number of anilines is 2. The van der Waals surface area contributed by atoms with Gasteiger partial charge in [-0.15, -0.1) is 0 Å². The fourth-order valence-corrected chi connectivity index (χ4v) is 3.96. The van der Waals surface area contributed by atoms with Crippen LogP contribution in [0.5, 0.6) is 5.75 Å². The lowest BCUT2D eigenvalue weighted by Crippen LogP contribution is -2.34. The predicted octanol–water partition coefficient (Wildman–Crippen LogP) is 5.45. The van der Waals surface area contributed by atoms with Crippen LogP contribution in [0.1, 0.15) is 50.8 Å². The summed E-state index contributed by atoms with van der Waals surface area (Å²) >= 11 is 11.6. The first-order chi connectivity index (χ1) is 16.9. The second-order valence-electron chi connectivity index (χ2n) is 7.79. The van der Waals surface area contributed by atoms with Gasteiger partial charge in [-0.05, 0) is 73.2 Å². The lowest BCUT2D eigenvalue weighted by molar-refractivity contribution is 0.0923. The molecule has 0 radical (unpaired) electrons. The van der Waals surface area contributed by atoms with Crippen molar-refractivity contribution in [2.45, 2.75) is 19.8 Å². The Labute approximate surface area is 213 Å². The summed E-state index contributed by atoms with van der Waals surface area (Å²) in [5.41, 5.74) is 1.87. The number of ether oxygens (including phenoxy) is 1. The molecular weight excluding hydrogens is 486 g/mol. The maximum absolute atomic E-state index is 12.7. The first-order valence-electron chi connectivity index (χ1n) is 11.0. The second kappa shape index (κ2) is 10.7. The summed E-state index contributed by atoms with van der Waals surface area (Å²) in [6, 6.07) is 18.1. The Morgan fingerprint density at radius 3 is 2.26 bits per heavy atom. The van der Waals surface area contributed by atoms with Gasteiger partial charge in [-0.2, -0.15) is 0 Å². The molecule has 4 rings (SSSR count). The van der Waals surface area contributed by atoms with Crippen molar-refractivity contribution in [3.05, 3.63) is 88.4 Å². The Hall–Kier alpha value is -3.75. The van der Waals surface area contributed by atoms with Crippen molar-refractivity contribution in [3.63, 3.8) is 0 Å². The molecular formula is C26H22ClN3O4S. The second-order valence-corrected chi connectivity index (χ2v) is 8.61. The third-order valence-electron chi connectivity index (χ3n) is 5.36. The van der Waals surface area contributed by atoms with Gasteiger partial charge >= 0.3 is 0 Å². The number of benzene rings is 3. The van der Waals surface area contributed by atoms with Crippen LogP contribution in [0.4, 0.5) is 11.4 Å². The van der Waals surface area contributed by atoms with Crippen LogP contribution in [0.25, 0.3) is 0 Å². The van der Waals surface area contributed by atoms with Gasteiger partial charge in [-0.25, -0.2) is 4.90 Å². The minimum Gasteiger partial charge on any atom is -0.494 e. The maximum atomic E-state index is 12.7. The molecule has 3 aromatic carbocycles. The van der Waals surface area contributed by atoms with E-state index >= 15 is 0 Å². The molecule has 9 heteroatoms. The van der Waals surface area contributed by atoms with Gasteiger partial charge in [0.15, 0.2) is 5.11 Å². The number of thiocarbonyl (C=S) groups is 1. The summed E-state index contributed by atoms with van der Waals surface area (Å²) in [6.45, 7) is 2.71. The van der Waals surface area contributed by atoms with E-state index in [1.807, 2.05) is 0 Å². The van der Waals surface area contributed by atoms with Gasteiger partial charge in [0.05, 0.1) is 34.1 Å². The molecule has 1 heterocycles. The Kier molecular flexibility index (Phi) is 7.43. The van der Waals surface area contributed by atoms with Gasteiger partial charge < -0.3 is 10.1 Å². The topological polar surface area (TPSA) is 87.7 Å². The van der Waals surface area contributed by atoms with E-state index in [1.54, 1.807) is 60.7 Å². The Balaban J connectivity index is 1.38. The normalized spacial score (nSPS) is 12.3. The molecule has 0 saturated heterocycles. The Morgan fingerprint density at radius 1 is 1.00 bits per heavy atom. The summed E-state index contributed by atoms with van der Waals surface area (Å²) in [5.74, 6) is -0.513. The number of nitrogens with one attached hydrogen (secondary N) is 2. The van der Waals surface area contributed by atoms with Crippen molar-refractivity contribution in [3.8, 4) is 5.75 Å². The molecule has 1 aliphatic rings. The quantitative estimate of drug-likeness (QED) is 0.251. The van der Waals surface area contributed by atoms with Crippen LogP contribution in [-0.2, 0) is 0 Å². The van der Waals surface area contributed by atoms with Crippen LogP contribution in [-0.4, -0.2) is 29.4 Å². The zero-order valence-corrected chi connectivity index (χ0v) is 20.4. The molecule has 35 heavy (non-hydrogen) atoms. The minimum atomic E-state index is -0.410. The molecule has 0 fully saturated rings. The zero-order chi connectivity index (χ0) is 24.9. The van der Waals surface area contributed by atoms with E-state index in [-0.39, 0.29) is 16.0 Å². The average Bonchev–Trinajstić information content (AvgIpc) is 3.11. The molecule has 0 atom stereocenters. The van der Waals surface area contributed by atoms with Crippen molar-refractivity contribution in [2.24, 2.45) is 0 Å². The van der Waals surface area contributed by atoms with Gasteiger partial charge in [0.25, 0.3) is 17.7 Å². The summed E-state index contributed by atoms with van der Waals surface area (Å²) in [6.07, 6.45) is 2.00. The van der Waals surface area contributed by atoms with Crippen LogP contribution in [0, 0.1) is 0 Å². The van der Waals surface area contributed by atoms with Crippen LogP contribution < -0.4 is 20.3 Å². The van der Waals surface area contributed by atoms with E-state index in [4.69, 9.17) is 28.6 Å². The van der Waals surface area contributed by atoms with Gasteiger partial charge in [0.2, 0.25) is 0 Å². The molecule has 178 valence electrons. The van der Waals surface area contributed by atoms with E-state index in [2.05, 4.69) is 17.6 Å². The first kappa shape index (κ1) is 24.4. The van der Waals surface area contributed by atoms with Crippen molar-refractivity contribution in [1.29, 1.82) is 0 Å². The van der Waals surface area contributed by atoms with Crippen molar-refractivity contribution in [2.75, 3.05) is 16.8 Å². The lowest BCUT2D eigenvalue weighted by Gasteiger charge is -2.16. The molecule has 1 aliphatic heterocycles. The highest BCUT2D eigenvalue weighted by Crippen LogP contribution is 2.32. The van der Waals surface area contributed by atoms with Crippen LogP contribution in [0.15, 0.2) is 66.7 Å². The number of carbonyl (C=O) groups is 3. The predicted molar refractivity (Wildman–Crippen MR) is 140 cm³/mol. The molecule has 0 unspecified atom stereocenters.